The van der Waals surface area contributed by atoms with Gasteiger partial charge in [-0.25, -0.2) is 4.98 Å². The van der Waals surface area contributed by atoms with E-state index in [1.54, 1.807) is 6.07 Å². The molecule has 0 bridgehead atoms. The van der Waals surface area contributed by atoms with Crippen molar-refractivity contribution < 1.29 is 9.13 Å². The number of ether oxygens (including phenoxy) is 1. The molecule has 1 aromatic rings. The van der Waals surface area contributed by atoms with Crippen molar-refractivity contribution in [2.24, 2.45) is 0 Å². The predicted molar refractivity (Wildman–Crippen MR) is 56.3 cm³/mol. The smallest absolute Gasteiger partial charge is 0.214 e. The van der Waals surface area contributed by atoms with Crippen LogP contribution in [0.15, 0.2) is 18.3 Å². The molecule has 15 heavy (non-hydrogen) atoms. The van der Waals surface area contributed by atoms with Gasteiger partial charge in [-0.3, -0.25) is 0 Å². The van der Waals surface area contributed by atoms with Crippen LogP contribution < -0.4 is 5.32 Å². The van der Waals surface area contributed by atoms with Crippen LogP contribution in [0.1, 0.15) is 19.8 Å². The summed E-state index contributed by atoms with van der Waals surface area (Å²) in [7, 11) is 0. The van der Waals surface area contributed by atoms with Crippen LogP contribution in [0, 0.1) is 5.95 Å². The molecule has 1 saturated heterocycles. The van der Waals surface area contributed by atoms with Crippen LogP contribution in [0.3, 0.4) is 0 Å². The lowest BCUT2D eigenvalue weighted by Gasteiger charge is -2.28. The van der Waals surface area contributed by atoms with E-state index in [1.165, 1.54) is 12.3 Å². The Kier molecular flexibility index (Phi) is 3.16. The second kappa shape index (κ2) is 4.57. The maximum atomic E-state index is 12.8. The predicted octanol–water partition coefficient (Wildman–Crippen LogP) is 2.20. The summed E-state index contributed by atoms with van der Waals surface area (Å²) < 4.78 is 18.3. The Morgan fingerprint density at radius 3 is 3.20 bits per heavy atom. The van der Waals surface area contributed by atoms with E-state index in [9.17, 15) is 4.39 Å². The van der Waals surface area contributed by atoms with Gasteiger partial charge in [0.25, 0.3) is 0 Å². The molecule has 82 valence electrons. The Labute approximate surface area is 88.7 Å². The average molecular weight is 210 g/mol. The highest BCUT2D eigenvalue weighted by Crippen LogP contribution is 2.18. The average Bonchev–Trinajstić information content (AvgIpc) is 2.17. The standard InChI is InChI=1S/C11H15FN2O/c1-8-6-10(3-5-15-8)14-9-2-4-13-11(12)7-9/h2,4,7-8,10H,3,5-6H2,1H3,(H,13,14). The molecule has 3 nitrogen and oxygen atoms in total. The minimum atomic E-state index is -0.444. The molecule has 1 N–H and O–H groups in total. The molecule has 1 aromatic heterocycles. The Bertz CT molecular complexity index is 332. The van der Waals surface area contributed by atoms with Gasteiger partial charge in [-0.05, 0) is 25.8 Å². The molecule has 0 aromatic carbocycles. The summed E-state index contributed by atoms with van der Waals surface area (Å²) in [6, 6.07) is 3.57. The van der Waals surface area contributed by atoms with Gasteiger partial charge in [0, 0.05) is 30.6 Å². The molecule has 0 spiro atoms. The second-order valence-electron chi connectivity index (χ2n) is 3.91. The largest absolute Gasteiger partial charge is 0.382 e. The maximum absolute atomic E-state index is 12.8. The molecule has 0 saturated carbocycles. The Morgan fingerprint density at radius 2 is 2.47 bits per heavy atom. The Hall–Kier alpha value is -1.16. The first-order valence-corrected chi connectivity index (χ1v) is 5.24. The molecule has 2 unspecified atom stereocenters. The van der Waals surface area contributed by atoms with Crippen LogP contribution in [0.5, 0.6) is 0 Å². The van der Waals surface area contributed by atoms with Gasteiger partial charge in [-0.15, -0.1) is 0 Å². The van der Waals surface area contributed by atoms with Crippen molar-refractivity contribution in [3.8, 4) is 0 Å². The van der Waals surface area contributed by atoms with E-state index >= 15 is 0 Å². The molecule has 2 rings (SSSR count). The number of rotatable bonds is 2. The zero-order valence-electron chi connectivity index (χ0n) is 8.74. The minimum Gasteiger partial charge on any atom is -0.382 e. The van der Waals surface area contributed by atoms with Crippen LogP contribution in [-0.4, -0.2) is 23.7 Å². The van der Waals surface area contributed by atoms with Crippen molar-refractivity contribution in [2.45, 2.75) is 31.9 Å². The first-order chi connectivity index (χ1) is 7.24. The number of anilines is 1. The van der Waals surface area contributed by atoms with Crippen molar-refractivity contribution in [3.05, 3.63) is 24.3 Å². The topological polar surface area (TPSA) is 34.2 Å². The van der Waals surface area contributed by atoms with Gasteiger partial charge in [0.2, 0.25) is 5.95 Å². The fraction of sp³-hybridized carbons (Fsp3) is 0.545. The highest BCUT2D eigenvalue weighted by Gasteiger charge is 2.18. The van der Waals surface area contributed by atoms with Crippen molar-refractivity contribution in [2.75, 3.05) is 11.9 Å². The third-order valence-corrected chi connectivity index (χ3v) is 2.58. The number of nitrogens with one attached hydrogen (secondary N) is 1. The van der Waals surface area contributed by atoms with Gasteiger partial charge in [0.15, 0.2) is 0 Å². The third-order valence-electron chi connectivity index (χ3n) is 2.58. The summed E-state index contributed by atoms with van der Waals surface area (Å²) in [6.07, 6.45) is 3.68. The molecule has 1 fully saturated rings. The molecule has 0 radical (unpaired) electrons. The van der Waals surface area contributed by atoms with E-state index in [-0.39, 0.29) is 6.10 Å². The lowest BCUT2D eigenvalue weighted by Crippen LogP contribution is -2.32. The zero-order valence-corrected chi connectivity index (χ0v) is 8.74. The van der Waals surface area contributed by atoms with Gasteiger partial charge >= 0.3 is 0 Å². The lowest BCUT2D eigenvalue weighted by molar-refractivity contribution is 0.0232. The fourth-order valence-electron chi connectivity index (χ4n) is 1.86. The van der Waals surface area contributed by atoms with Crippen LogP contribution in [0.4, 0.5) is 10.1 Å². The highest BCUT2D eigenvalue weighted by atomic mass is 19.1. The Morgan fingerprint density at radius 1 is 1.60 bits per heavy atom. The van der Waals surface area contributed by atoms with Crippen LogP contribution in [0.25, 0.3) is 0 Å². The van der Waals surface area contributed by atoms with Gasteiger partial charge in [-0.1, -0.05) is 0 Å². The van der Waals surface area contributed by atoms with E-state index in [0.29, 0.717) is 6.04 Å². The van der Waals surface area contributed by atoms with E-state index in [1.807, 2.05) is 0 Å². The van der Waals surface area contributed by atoms with Gasteiger partial charge < -0.3 is 10.1 Å². The van der Waals surface area contributed by atoms with Gasteiger partial charge in [0.1, 0.15) is 0 Å². The number of hydrogen-bond acceptors (Lipinski definition) is 3. The Balaban J connectivity index is 1.96. The molecule has 4 heteroatoms. The van der Waals surface area contributed by atoms with E-state index < -0.39 is 5.95 Å². The first-order valence-electron chi connectivity index (χ1n) is 5.24. The van der Waals surface area contributed by atoms with E-state index in [2.05, 4.69) is 17.2 Å². The molecule has 0 amide bonds. The summed E-state index contributed by atoms with van der Waals surface area (Å²) in [4.78, 5) is 3.52. The molecule has 2 heterocycles. The van der Waals surface area contributed by atoms with Crippen LogP contribution in [0.2, 0.25) is 0 Å². The number of aromatic nitrogens is 1. The monoisotopic (exact) mass is 210 g/mol. The molecular formula is C11H15FN2O. The number of halogens is 1. The number of pyridine rings is 1. The summed E-state index contributed by atoms with van der Waals surface area (Å²) >= 11 is 0. The lowest BCUT2D eigenvalue weighted by atomic mass is 10.0. The van der Waals surface area contributed by atoms with Crippen molar-refractivity contribution in [3.63, 3.8) is 0 Å². The number of hydrogen-bond donors (Lipinski definition) is 1. The van der Waals surface area contributed by atoms with E-state index in [0.717, 1.165) is 25.1 Å². The summed E-state index contributed by atoms with van der Waals surface area (Å²) in [5.74, 6) is -0.444. The molecule has 0 aliphatic carbocycles. The van der Waals surface area contributed by atoms with E-state index in [4.69, 9.17) is 4.74 Å². The van der Waals surface area contributed by atoms with Crippen molar-refractivity contribution >= 4 is 5.69 Å². The summed E-state index contributed by atoms with van der Waals surface area (Å²) in [5, 5.41) is 3.29. The van der Waals surface area contributed by atoms with Crippen molar-refractivity contribution in [1.82, 2.24) is 4.98 Å². The zero-order chi connectivity index (χ0) is 10.7. The van der Waals surface area contributed by atoms with Gasteiger partial charge in [0.05, 0.1) is 6.10 Å². The highest BCUT2D eigenvalue weighted by molar-refractivity contribution is 5.42. The quantitative estimate of drug-likeness (QED) is 0.760. The van der Waals surface area contributed by atoms with Crippen LogP contribution in [-0.2, 0) is 4.74 Å². The SMILES string of the molecule is CC1CC(Nc2ccnc(F)c2)CCO1. The first kappa shape index (κ1) is 10.4. The fourth-order valence-corrected chi connectivity index (χ4v) is 1.86. The molecule has 2 atom stereocenters. The summed E-state index contributed by atoms with van der Waals surface area (Å²) in [5.41, 5.74) is 0.793. The second-order valence-corrected chi connectivity index (χ2v) is 3.91. The summed E-state index contributed by atoms with van der Waals surface area (Å²) in [6.45, 7) is 2.83. The van der Waals surface area contributed by atoms with Crippen LogP contribution >= 0.6 is 0 Å². The number of nitrogens with zero attached hydrogens (tertiary/aromatic N) is 1. The minimum absolute atomic E-state index is 0.280. The van der Waals surface area contributed by atoms with Gasteiger partial charge in [-0.2, -0.15) is 4.39 Å². The maximum Gasteiger partial charge on any atom is 0.214 e. The van der Waals surface area contributed by atoms with Crippen molar-refractivity contribution in [1.29, 1.82) is 0 Å². The normalized spacial score (nSPS) is 26.3. The molecule has 1 aliphatic rings. The molecular weight excluding hydrogens is 195 g/mol. The third kappa shape index (κ3) is 2.89. The molecule has 1 aliphatic heterocycles.